The van der Waals surface area contributed by atoms with Gasteiger partial charge in [-0.3, -0.25) is 19.6 Å². The summed E-state index contributed by atoms with van der Waals surface area (Å²) < 4.78 is 1.85. The molecular formula is C16H18N4O4. The second kappa shape index (κ2) is 6.69. The van der Waals surface area contributed by atoms with Crippen molar-refractivity contribution in [2.45, 2.75) is 37.8 Å². The maximum Gasteiger partial charge on any atom is 0.311 e. The molecule has 0 aliphatic heterocycles. The molecule has 1 heterocycles. The highest BCUT2D eigenvalue weighted by atomic mass is 16.6. The molecule has 2 aromatic rings. The molecule has 1 aromatic heterocycles. The second-order valence-corrected chi connectivity index (χ2v) is 5.88. The summed E-state index contributed by atoms with van der Waals surface area (Å²) in [6.07, 6.45) is 7.41. The lowest BCUT2D eigenvalue weighted by Gasteiger charge is -2.32. The van der Waals surface area contributed by atoms with Crippen molar-refractivity contribution in [1.29, 1.82) is 0 Å². The van der Waals surface area contributed by atoms with Crippen LogP contribution < -0.4 is 5.32 Å². The van der Waals surface area contributed by atoms with Crippen LogP contribution >= 0.6 is 0 Å². The molecule has 8 nitrogen and oxygen atoms in total. The fourth-order valence-electron chi connectivity index (χ4n) is 3.14. The van der Waals surface area contributed by atoms with Gasteiger partial charge in [0, 0.05) is 24.0 Å². The van der Waals surface area contributed by atoms with Crippen LogP contribution in [-0.2, 0) is 0 Å². The zero-order chi connectivity index (χ0) is 17.1. The van der Waals surface area contributed by atoms with Crippen LogP contribution in [0.2, 0.25) is 0 Å². The number of hydrogen-bond acceptors (Lipinski definition) is 5. The van der Waals surface area contributed by atoms with Gasteiger partial charge in [0.25, 0.3) is 5.91 Å². The summed E-state index contributed by atoms with van der Waals surface area (Å²) in [6, 6.07) is 5.47. The number of hydrogen-bond donors (Lipinski definition) is 2. The zero-order valence-electron chi connectivity index (χ0n) is 13.0. The summed E-state index contributed by atoms with van der Waals surface area (Å²) >= 11 is 0. The molecule has 24 heavy (non-hydrogen) atoms. The van der Waals surface area contributed by atoms with Crippen molar-refractivity contribution >= 4 is 11.6 Å². The average molecular weight is 330 g/mol. The Hall–Kier alpha value is -2.90. The third-order valence-electron chi connectivity index (χ3n) is 4.34. The van der Waals surface area contributed by atoms with Gasteiger partial charge in [0.15, 0.2) is 5.75 Å². The van der Waals surface area contributed by atoms with Crippen molar-refractivity contribution in [1.82, 2.24) is 15.1 Å². The molecule has 1 aliphatic rings. The average Bonchev–Trinajstić information content (AvgIpc) is 3.09. The summed E-state index contributed by atoms with van der Waals surface area (Å²) in [7, 11) is 0. The molecule has 1 aromatic carbocycles. The van der Waals surface area contributed by atoms with Gasteiger partial charge < -0.3 is 10.4 Å². The van der Waals surface area contributed by atoms with Crippen molar-refractivity contribution in [2.75, 3.05) is 0 Å². The molecule has 1 saturated carbocycles. The van der Waals surface area contributed by atoms with E-state index in [4.69, 9.17) is 0 Å². The number of aromatic hydroxyl groups is 1. The van der Waals surface area contributed by atoms with Crippen molar-refractivity contribution < 1.29 is 14.8 Å². The molecule has 2 atom stereocenters. The Balaban J connectivity index is 1.78. The Kier molecular flexibility index (Phi) is 4.45. The molecule has 0 spiro atoms. The first kappa shape index (κ1) is 16.0. The van der Waals surface area contributed by atoms with Gasteiger partial charge in [-0.2, -0.15) is 5.10 Å². The van der Waals surface area contributed by atoms with E-state index in [0.717, 1.165) is 31.7 Å². The minimum atomic E-state index is -0.709. The van der Waals surface area contributed by atoms with Gasteiger partial charge in [-0.25, -0.2) is 0 Å². The molecule has 126 valence electrons. The first-order chi connectivity index (χ1) is 11.6. The smallest absolute Gasteiger partial charge is 0.311 e. The standard InChI is InChI=1S/C16H18N4O4/c21-15-7-6-11(10-14(15)20(23)24)16(22)18-12-4-1-2-5-13(12)19-9-3-8-17-19/h3,6-10,12-13,21H,1-2,4-5H2,(H,18,22)/t12-,13+/m0/s1. The molecule has 0 radical (unpaired) electrons. The topological polar surface area (TPSA) is 110 Å². The molecule has 0 saturated heterocycles. The van der Waals surface area contributed by atoms with Crippen LogP contribution in [0, 0.1) is 10.1 Å². The highest BCUT2D eigenvalue weighted by molar-refractivity contribution is 5.95. The normalized spacial score (nSPS) is 20.5. The fourth-order valence-corrected chi connectivity index (χ4v) is 3.14. The largest absolute Gasteiger partial charge is 0.502 e. The molecule has 1 fully saturated rings. The van der Waals surface area contributed by atoms with Crippen LogP contribution in [0.1, 0.15) is 42.1 Å². The van der Waals surface area contributed by atoms with E-state index in [9.17, 15) is 20.0 Å². The Bertz CT molecular complexity index is 745. The fraction of sp³-hybridized carbons (Fsp3) is 0.375. The predicted octanol–water partition coefficient (Wildman–Crippen LogP) is 2.41. The van der Waals surface area contributed by atoms with E-state index in [1.807, 2.05) is 16.9 Å². The lowest BCUT2D eigenvalue weighted by atomic mass is 9.90. The number of phenols is 1. The van der Waals surface area contributed by atoms with Crippen LogP contribution in [0.25, 0.3) is 0 Å². The first-order valence-corrected chi connectivity index (χ1v) is 7.83. The molecule has 8 heteroatoms. The minimum absolute atomic E-state index is 0.0739. The van der Waals surface area contributed by atoms with E-state index in [1.54, 1.807) is 6.20 Å². The Labute approximate surface area is 138 Å². The number of aromatic nitrogens is 2. The number of nitro benzene ring substituents is 1. The third-order valence-corrected chi connectivity index (χ3v) is 4.34. The van der Waals surface area contributed by atoms with Gasteiger partial charge in [-0.1, -0.05) is 12.8 Å². The Morgan fingerprint density at radius 3 is 2.88 bits per heavy atom. The number of nitrogens with zero attached hydrogens (tertiary/aromatic N) is 3. The summed E-state index contributed by atoms with van der Waals surface area (Å²) in [5.41, 5.74) is -0.320. The number of benzene rings is 1. The number of nitrogens with one attached hydrogen (secondary N) is 1. The van der Waals surface area contributed by atoms with Crippen molar-refractivity contribution in [3.05, 3.63) is 52.3 Å². The lowest BCUT2D eigenvalue weighted by molar-refractivity contribution is -0.385. The SMILES string of the molecule is O=C(N[C@H]1CCCC[C@H]1n1cccn1)c1ccc(O)c([N+](=O)[O-])c1. The predicted molar refractivity (Wildman–Crippen MR) is 85.7 cm³/mol. The zero-order valence-corrected chi connectivity index (χ0v) is 13.0. The molecule has 0 unspecified atom stereocenters. The first-order valence-electron chi connectivity index (χ1n) is 7.83. The summed E-state index contributed by atoms with van der Waals surface area (Å²) in [6.45, 7) is 0. The molecular weight excluding hydrogens is 312 g/mol. The molecule has 3 rings (SSSR count). The van der Waals surface area contributed by atoms with Crippen LogP contribution in [0.5, 0.6) is 5.75 Å². The summed E-state index contributed by atoms with van der Waals surface area (Å²) in [5, 5.41) is 27.6. The number of carbonyl (C=O) groups is 1. The van der Waals surface area contributed by atoms with Crippen molar-refractivity contribution in [2.24, 2.45) is 0 Å². The van der Waals surface area contributed by atoms with E-state index in [0.29, 0.717) is 0 Å². The van der Waals surface area contributed by atoms with Gasteiger partial charge in [-0.15, -0.1) is 0 Å². The maximum absolute atomic E-state index is 12.5. The molecule has 2 N–H and O–H groups in total. The van der Waals surface area contributed by atoms with Crippen LogP contribution in [-0.4, -0.2) is 31.8 Å². The van der Waals surface area contributed by atoms with Gasteiger partial charge in [0.05, 0.1) is 17.0 Å². The van der Waals surface area contributed by atoms with Crippen molar-refractivity contribution in [3.8, 4) is 5.75 Å². The van der Waals surface area contributed by atoms with E-state index in [-0.39, 0.29) is 23.6 Å². The second-order valence-electron chi connectivity index (χ2n) is 5.88. The Morgan fingerprint density at radius 1 is 1.38 bits per heavy atom. The number of carbonyl (C=O) groups excluding carboxylic acids is 1. The van der Waals surface area contributed by atoms with Gasteiger partial charge >= 0.3 is 5.69 Å². The van der Waals surface area contributed by atoms with E-state index < -0.39 is 16.4 Å². The van der Waals surface area contributed by atoms with Crippen molar-refractivity contribution in [3.63, 3.8) is 0 Å². The number of phenolic OH excluding ortho intramolecular Hbond substituents is 1. The van der Waals surface area contributed by atoms with Crippen LogP contribution in [0.15, 0.2) is 36.7 Å². The third kappa shape index (κ3) is 3.22. The van der Waals surface area contributed by atoms with Gasteiger partial charge in [-0.05, 0) is 31.0 Å². The highest BCUT2D eigenvalue weighted by Gasteiger charge is 2.29. The number of amides is 1. The summed E-state index contributed by atoms with van der Waals surface area (Å²) in [4.78, 5) is 22.7. The molecule has 0 bridgehead atoms. The van der Waals surface area contributed by atoms with E-state index in [2.05, 4.69) is 10.4 Å². The monoisotopic (exact) mass is 330 g/mol. The van der Waals surface area contributed by atoms with Crippen LogP contribution in [0.3, 0.4) is 0 Å². The number of nitro groups is 1. The van der Waals surface area contributed by atoms with Crippen LogP contribution in [0.4, 0.5) is 5.69 Å². The number of rotatable bonds is 4. The van der Waals surface area contributed by atoms with Gasteiger partial charge in [0.1, 0.15) is 0 Å². The molecule has 1 aliphatic carbocycles. The van der Waals surface area contributed by atoms with E-state index in [1.165, 1.54) is 12.1 Å². The minimum Gasteiger partial charge on any atom is -0.502 e. The van der Waals surface area contributed by atoms with Gasteiger partial charge in [0.2, 0.25) is 0 Å². The van der Waals surface area contributed by atoms with E-state index >= 15 is 0 Å². The lowest BCUT2D eigenvalue weighted by Crippen LogP contribution is -2.43. The quantitative estimate of drug-likeness (QED) is 0.660. The maximum atomic E-state index is 12.5. The Morgan fingerprint density at radius 2 is 2.17 bits per heavy atom. The highest BCUT2D eigenvalue weighted by Crippen LogP contribution is 2.29. The molecule has 1 amide bonds. The summed E-state index contributed by atoms with van der Waals surface area (Å²) in [5.74, 6) is -0.842.